The number of amides is 1. The second-order valence-corrected chi connectivity index (χ2v) is 9.08. The van der Waals surface area contributed by atoms with Crippen molar-refractivity contribution < 1.29 is 18.7 Å². The molecule has 176 valence electrons. The summed E-state index contributed by atoms with van der Waals surface area (Å²) in [6, 6.07) is 15.0. The first-order valence-corrected chi connectivity index (χ1v) is 12.2. The molecule has 8 nitrogen and oxygen atoms in total. The smallest absolute Gasteiger partial charge is 0.297 e. The van der Waals surface area contributed by atoms with Crippen molar-refractivity contribution in [1.82, 2.24) is 14.9 Å². The van der Waals surface area contributed by atoms with Crippen LogP contribution in [0.4, 0.5) is 0 Å². The van der Waals surface area contributed by atoms with Crippen LogP contribution in [-0.2, 0) is 22.6 Å². The van der Waals surface area contributed by atoms with Gasteiger partial charge in [0.2, 0.25) is 11.5 Å². The van der Waals surface area contributed by atoms with Crippen LogP contribution in [0.1, 0.15) is 18.4 Å². The molecule has 0 radical (unpaired) electrons. The molecule has 1 aliphatic rings. The Hall–Kier alpha value is -3.30. The maximum atomic E-state index is 13.4. The van der Waals surface area contributed by atoms with E-state index in [1.807, 2.05) is 48.5 Å². The molecule has 1 saturated heterocycles. The molecule has 1 amide bonds. The van der Waals surface area contributed by atoms with Crippen molar-refractivity contribution in [3.63, 3.8) is 0 Å². The zero-order chi connectivity index (χ0) is 23.5. The van der Waals surface area contributed by atoms with E-state index in [1.165, 1.54) is 11.8 Å². The number of carbonyl (C=O) groups is 1. The van der Waals surface area contributed by atoms with Crippen LogP contribution in [0.15, 0.2) is 62.9 Å². The molecule has 9 heteroatoms. The van der Waals surface area contributed by atoms with Crippen LogP contribution in [0, 0.1) is 0 Å². The van der Waals surface area contributed by atoms with E-state index in [2.05, 4.69) is 5.32 Å². The Morgan fingerprint density at radius 3 is 2.82 bits per heavy atom. The number of rotatable bonds is 8. The predicted molar refractivity (Wildman–Crippen MR) is 130 cm³/mol. The van der Waals surface area contributed by atoms with Gasteiger partial charge in [-0.15, -0.1) is 0 Å². The summed E-state index contributed by atoms with van der Waals surface area (Å²) in [5, 5.41) is 4.18. The molecular formula is C25H25N3O5S. The van der Waals surface area contributed by atoms with Gasteiger partial charge in [0.15, 0.2) is 5.16 Å². The first kappa shape index (κ1) is 22.5. The van der Waals surface area contributed by atoms with Crippen LogP contribution in [0.3, 0.4) is 0 Å². The summed E-state index contributed by atoms with van der Waals surface area (Å²) in [5.74, 6) is 0.758. The first-order chi connectivity index (χ1) is 16.6. The molecule has 34 heavy (non-hydrogen) atoms. The number of ether oxygens (including phenoxy) is 2. The summed E-state index contributed by atoms with van der Waals surface area (Å²) in [6.07, 6.45) is 1.80. The molecule has 0 bridgehead atoms. The second kappa shape index (κ2) is 9.90. The highest BCUT2D eigenvalue weighted by molar-refractivity contribution is 7.99. The van der Waals surface area contributed by atoms with E-state index < -0.39 is 0 Å². The van der Waals surface area contributed by atoms with E-state index in [-0.39, 0.29) is 28.9 Å². The molecule has 0 unspecified atom stereocenters. The third-order valence-electron chi connectivity index (χ3n) is 5.84. The summed E-state index contributed by atoms with van der Waals surface area (Å²) in [4.78, 5) is 30.7. The van der Waals surface area contributed by atoms with Crippen LogP contribution in [-0.4, -0.2) is 41.0 Å². The average molecular weight is 480 g/mol. The number of nitrogens with zero attached hydrogens (tertiary/aromatic N) is 2. The summed E-state index contributed by atoms with van der Waals surface area (Å²) in [5.41, 5.74) is 2.08. The lowest BCUT2D eigenvalue weighted by molar-refractivity contribution is -0.118. The number of aromatic nitrogens is 2. The minimum absolute atomic E-state index is 0.0513. The molecule has 3 heterocycles. The molecule has 0 saturated carbocycles. The van der Waals surface area contributed by atoms with E-state index >= 15 is 0 Å². The van der Waals surface area contributed by atoms with Crippen molar-refractivity contribution in [3.05, 3.63) is 64.4 Å². The van der Waals surface area contributed by atoms with Gasteiger partial charge in [0.25, 0.3) is 5.56 Å². The zero-order valence-corrected chi connectivity index (χ0v) is 19.6. The standard InChI is InChI=1S/C25H25N3O5S/c1-31-17-10-8-16(9-11-17)13-26-21(29)15-34-25-27-22-19-6-2-3-7-20(19)33-23(22)24(30)28(25)14-18-5-4-12-32-18/h2-3,6-11,18H,4-5,12-15H2,1H3,(H,26,29)/t18-/m0/s1. The topological polar surface area (TPSA) is 95.6 Å². The Labute approximate surface area is 200 Å². The predicted octanol–water partition coefficient (Wildman–Crippen LogP) is 3.74. The van der Waals surface area contributed by atoms with Gasteiger partial charge in [0.1, 0.15) is 16.8 Å². The fourth-order valence-electron chi connectivity index (χ4n) is 4.04. The van der Waals surface area contributed by atoms with Crippen molar-refractivity contribution in [2.45, 2.75) is 37.2 Å². The Kier molecular flexibility index (Phi) is 6.55. The number of carbonyl (C=O) groups excluding carboxylic acids is 1. The van der Waals surface area contributed by atoms with Gasteiger partial charge in [-0.05, 0) is 42.7 Å². The number of fused-ring (bicyclic) bond motifs is 3. The van der Waals surface area contributed by atoms with Crippen LogP contribution < -0.4 is 15.6 Å². The molecule has 0 aliphatic carbocycles. The normalized spacial score (nSPS) is 15.7. The highest BCUT2D eigenvalue weighted by Gasteiger charge is 2.23. The molecule has 1 atom stereocenters. The summed E-state index contributed by atoms with van der Waals surface area (Å²) in [7, 11) is 1.62. The second-order valence-electron chi connectivity index (χ2n) is 8.13. The number of para-hydroxylation sites is 1. The molecule has 1 fully saturated rings. The Balaban J connectivity index is 1.37. The molecule has 2 aromatic heterocycles. The van der Waals surface area contributed by atoms with E-state index in [0.717, 1.165) is 29.5 Å². The summed E-state index contributed by atoms with van der Waals surface area (Å²) < 4.78 is 18.3. The molecule has 0 spiro atoms. The van der Waals surface area contributed by atoms with Crippen LogP contribution in [0.5, 0.6) is 5.75 Å². The Bertz CT molecular complexity index is 1370. The zero-order valence-electron chi connectivity index (χ0n) is 18.8. The minimum atomic E-state index is -0.252. The van der Waals surface area contributed by atoms with Crippen LogP contribution >= 0.6 is 11.8 Å². The van der Waals surface area contributed by atoms with Crippen LogP contribution in [0.25, 0.3) is 22.1 Å². The van der Waals surface area contributed by atoms with Crippen molar-refractivity contribution in [2.24, 2.45) is 0 Å². The number of nitrogens with one attached hydrogen (secondary N) is 1. The number of hydrogen-bond acceptors (Lipinski definition) is 7. The number of thioether (sulfide) groups is 1. The van der Waals surface area contributed by atoms with Gasteiger partial charge in [-0.1, -0.05) is 36.0 Å². The van der Waals surface area contributed by atoms with Gasteiger partial charge >= 0.3 is 0 Å². The number of methoxy groups -OCH3 is 1. The first-order valence-electron chi connectivity index (χ1n) is 11.2. The van der Waals surface area contributed by atoms with E-state index in [0.29, 0.717) is 36.0 Å². The van der Waals surface area contributed by atoms with E-state index in [9.17, 15) is 9.59 Å². The third kappa shape index (κ3) is 4.67. The fourth-order valence-corrected chi connectivity index (χ4v) is 4.87. The number of furan rings is 1. The van der Waals surface area contributed by atoms with E-state index in [1.54, 1.807) is 11.7 Å². The molecule has 2 aromatic carbocycles. The SMILES string of the molecule is COc1ccc(CNC(=O)CSc2nc3c(oc4ccccc43)c(=O)n2C[C@@H]2CCCO2)cc1. The molecule has 5 rings (SSSR count). The number of benzene rings is 2. The highest BCUT2D eigenvalue weighted by atomic mass is 32.2. The van der Waals surface area contributed by atoms with Gasteiger partial charge in [-0.3, -0.25) is 14.2 Å². The van der Waals surface area contributed by atoms with E-state index in [4.69, 9.17) is 18.9 Å². The monoisotopic (exact) mass is 479 g/mol. The third-order valence-corrected chi connectivity index (χ3v) is 6.81. The summed E-state index contributed by atoms with van der Waals surface area (Å²) in [6.45, 7) is 1.48. The largest absolute Gasteiger partial charge is 0.497 e. The molecule has 1 N–H and O–H groups in total. The van der Waals surface area contributed by atoms with Gasteiger partial charge in [0.05, 0.1) is 25.5 Å². The van der Waals surface area contributed by atoms with Gasteiger partial charge in [-0.2, -0.15) is 0 Å². The van der Waals surface area contributed by atoms with Gasteiger partial charge in [-0.25, -0.2) is 4.98 Å². The summed E-state index contributed by atoms with van der Waals surface area (Å²) >= 11 is 1.24. The molecule has 4 aromatic rings. The highest BCUT2D eigenvalue weighted by Crippen LogP contribution is 2.28. The van der Waals surface area contributed by atoms with Crippen molar-refractivity contribution in [1.29, 1.82) is 0 Å². The quantitative estimate of drug-likeness (QED) is 0.304. The lowest BCUT2D eigenvalue weighted by atomic mass is 10.2. The van der Waals surface area contributed by atoms with Crippen molar-refractivity contribution in [3.8, 4) is 5.75 Å². The maximum Gasteiger partial charge on any atom is 0.297 e. The number of hydrogen-bond donors (Lipinski definition) is 1. The fraction of sp³-hybridized carbons (Fsp3) is 0.320. The lowest BCUT2D eigenvalue weighted by Crippen LogP contribution is -2.29. The molecular weight excluding hydrogens is 454 g/mol. The average Bonchev–Trinajstić information content (AvgIpc) is 3.51. The Morgan fingerprint density at radius 1 is 1.24 bits per heavy atom. The lowest BCUT2D eigenvalue weighted by Gasteiger charge is -2.15. The van der Waals surface area contributed by atoms with Gasteiger partial charge < -0.3 is 19.2 Å². The van der Waals surface area contributed by atoms with Crippen LogP contribution in [0.2, 0.25) is 0 Å². The van der Waals surface area contributed by atoms with Gasteiger partial charge in [0, 0.05) is 18.5 Å². The van der Waals surface area contributed by atoms with Crippen molar-refractivity contribution in [2.75, 3.05) is 19.5 Å². The molecule has 1 aliphatic heterocycles. The minimum Gasteiger partial charge on any atom is -0.497 e. The maximum absolute atomic E-state index is 13.4. The van der Waals surface area contributed by atoms with Crippen molar-refractivity contribution >= 4 is 39.7 Å². The Morgan fingerprint density at radius 2 is 2.06 bits per heavy atom.